The Hall–Kier alpha value is -1.94. The van der Waals surface area contributed by atoms with Gasteiger partial charge >= 0.3 is 39.5 Å². The summed E-state index contributed by atoms with van der Waals surface area (Å²) < 4.78 is 68.3. The monoisotopic (exact) mass is 1350 g/mol. The van der Waals surface area contributed by atoms with E-state index >= 15 is 0 Å². The molecule has 546 valence electrons. The summed E-state index contributed by atoms with van der Waals surface area (Å²) in [6.07, 6.45) is 48.6. The average Bonchev–Trinajstić information content (AvgIpc) is 3.20. The van der Waals surface area contributed by atoms with Gasteiger partial charge < -0.3 is 33.8 Å². The van der Waals surface area contributed by atoms with E-state index in [1.165, 1.54) is 167 Å². The summed E-state index contributed by atoms with van der Waals surface area (Å²) >= 11 is 0. The number of hydrogen-bond acceptors (Lipinski definition) is 15. The first-order valence-electron chi connectivity index (χ1n) is 37.9. The maximum atomic E-state index is 13.1. The lowest BCUT2D eigenvalue weighted by Crippen LogP contribution is -2.30. The van der Waals surface area contributed by atoms with Crippen LogP contribution in [0.5, 0.6) is 0 Å². The molecule has 0 radical (unpaired) electrons. The lowest BCUT2D eigenvalue weighted by Gasteiger charge is -2.21. The van der Waals surface area contributed by atoms with Crippen LogP contribution in [0.25, 0.3) is 0 Å². The van der Waals surface area contributed by atoms with Crippen LogP contribution in [0.1, 0.15) is 370 Å². The first-order chi connectivity index (χ1) is 44.3. The molecule has 0 aliphatic carbocycles. The molecule has 0 spiro atoms. The van der Waals surface area contributed by atoms with Crippen molar-refractivity contribution >= 4 is 39.5 Å². The Balaban J connectivity index is 5.21. The number of aliphatic hydroxyl groups excluding tert-OH is 1. The molecule has 0 aliphatic rings. The van der Waals surface area contributed by atoms with Gasteiger partial charge in [-0.1, -0.05) is 318 Å². The average molecular weight is 1350 g/mol. The second kappa shape index (κ2) is 63.8. The third kappa shape index (κ3) is 65.4. The second-order valence-electron chi connectivity index (χ2n) is 27.5. The van der Waals surface area contributed by atoms with Gasteiger partial charge in [0, 0.05) is 25.7 Å². The highest BCUT2D eigenvalue weighted by atomic mass is 31.2. The Labute approximate surface area is 562 Å². The molecule has 0 heterocycles. The van der Waals surface area contributed by atoms with Crippen LogP contribution in [0, 0.1) is 17.8 Å². The van der Waals surface area contributed by atoms with Gasteiger partial charge in [-0.25, -0.2) is 9.13 Å². The standard InChI is InChI=1S/C73H142O17P2/c1-8-10-11-12-30-40-47-54-70(75)83-60-68(90-73(78)57-50-43-36-29-28-33-39-46-53-66(7)9-2)62-87-91(79,80)85-58-67(74)59-86-92(81,82)88-63-69(61-84-71(76)55-48-41-34-26-22-19-18-21-25-32-38-45-52-65(5)6)89-72(77)56-49-42-35-27-23-17-15-13-14-16-20-24-31-37-44-51-64(3)4/h64-69,74H,8-63H2,1-7H3,(H,79,80)(H,81,82)/t66?,67-,68+,69+/m0/s1. The van der Waals surface area contributed by atoms with Crippen molar-refractivity contribution in [1.82, 2.24) is 0 Å². The van der Waals surface area contributed by atoms with Crippen molar-refractivity contribution in [3.05, 3.63) is 0 Å². The van der Waals surface area contributed by atoms with Crippen molar-refractivity contribution in [3.8, 4) is 0 Å². The summed E-state index contributed by atoms with van der Waals surface area (Å²) in [5, 5.41) is 10.6. The van der Waals surface area contributed by atoms with Gasteiger partial charge in [0.15, 0.2) is 12.2 Å². The summed E-state index contributed by atoms with van der Waals surface area (Å²) in [5.74, 6) is 0.227. The first kappa shape index (κ1) is 90.1. The largest absolute Gasteiger partial charge is 0.472 e. The van der Waals surface area contributed by atoms with Crippen molar-refractivity contribution in [2.24, 2.45) is 17.8 Å². The zero-order valence-corrected chi connectivity index (χ0v) is 61.8. The maximum Gasteiger partial charge on any atom is 0.472 e. The molecule has 19 heteroatoms. The number of hydrogen-bond donors (Lipinski definition) is 3. The second-order valence-corrected chi connectivity index (χ2v) is 30.4. The third-order valence-electron chi connectivity index (χ3n) is 17.2. The lowest BCUT2D eigenvalue weighted by molar-refractivity contribution is -0.161. The molecule has 0 saturated heterocycles. The summed E-state index contributed by atoms with van der Waals surface area (Å²) in [6.45, 7) is 11.9. The molecule has 0 aliphatic heterocycles. The van der Waals surface area contributed by atoms with E-state index in [9.17, 15) is 43.2 Å². The van der Waals surface area contributed by atoms with Gasteiger partial charge in [0.25, 0.3) is 0 Å². The van der Waals surface area contributed by atoms with Crippen LogP contribution in [-0.4, -0.2) is 96.7 Å². The normalized spacial score (nSPS) is 14.4. The Morgan fingerprint density at radius 3 is 0.826 bits per heavy atom. The number of carbonyl (C=O) groups excluding carboxylic acids is 4. The van der Waals surface area contributed by atoms with E-state index in [2.05, 4.69) is 48.5 Å². The van der Waals surface area contributed by atoms with Crippen LogP contribution >= 0.6 is 15.6 Å². The summed E-state index contributed by atoms with van der Waals surface area (Å²) in [5.41, 5.74) is 0. The number of unbranched alkanes of at least 4 members (excludes halogenated alkanes) is 38. The molecule has 0 fully saturated rings. The van der Waals surface area contributed by atoms with E-state index in [1.54, 1.807) is 0 Å². The van der Waals surface area contributed by atoms with E-state index < -0.39 is 97.5 Å². The van der Waals surface area contributed by atoms with E-state index in [0.717, 1.165) is 120 Å². The Morgan fingerprint density at radius 2 is 0.554 bits per heavy atom. The van der Waals surface area contributed by atoms with Crippen molar-refractivity contribution in [1.29, 1.82) is 0 Å². The van der Waals surface area contributed by atoms with Crippen molar-refractivity contribution in [2.75, 3.05) is 39.6 Å². The molecule has 0 rings (SSSR count). The molecular formula is C73H142O17P2. The van der Waals surface area contributed by atoms with Crippen molar-refractivity contribution in [2.45, 2.75) is 388 Å². The van der Waals surface area contributed by atoms with Crippen molar-refractivity contribution in [3.63, 3.8) is 0 Å². The zero-order chi connectivity index (χ0) is 68.0. The Bertz CT molecular complexity index is 1800. The highest BCUT2D eigenvalue weighted by molar-refractivity contribution is 7.47. The summed E-state index contributed by atoms with van der Waals surface area (Å²) in [6, 6.07) is 0. The summed E-state index contributed by atoms with van der Waals surface area (Å²) in [7, 11) is -9.90. The van der Waals surface area contributed by atoms with Gasteiger partial charge in [0.05, 0.1) is 26.4 Å². The molecule has 92 heavy (non-hydrogen) atoms. The molecule has 6 atom stereocenters. The van der Waals surface area contributed by atoms with E-state index in [1.807, 2.05) is 0 Å². The third-order valence-corrected chi connectivity index (χ3v) is 19.1. The quantitative estimate of drug-likeness (QED) is 0.0222. The number of phosphoric ester groups is 2. The molecule has 0 aromatic heterocycles. The van der Waals surface area contributed by atoms with Crippen LogP contribution in [0.15, 0.2) is 0 Å². The zero-order valence-electron chi connectivity index (χ0n) is 60.0. The van der Waals surface area contributed by atoms with Gasteiger partial charge in [-0.05, 0) is 43.4 Å². The van der Waals surface area contributed by atoms with E-state index in [0.29, 0.717) is 25.7 Å². The Kier molecular flexibility index (Phi) is 62.4. The van der Waals surface area contributed by atoms with Crippen molar-refractivity contribution < 1.29 is 80.2 Å². The topological polar surface area (TPSA) is 237 Å². The minimum atomic E-state index is -4.95. The maximum absolute atomic E-state index is 13.1. The van der Waals surface area contributed by atoms with Crippen LogP contribution in [-0.2, 0) is 65.4 Å². The molecular weight excluding hydrogens is 1210 g/mol. The van der Waals surface area contributed by atoms with E-state index in [4.69, 9.17) is 37.0 Å². The molecule has 0 bridgehead atoms. The molecule has 3 N–H and O–H groups in total. The molecule has 0 aromatic carbocycles. The fourth-order valence-corrected chi connectivity index (χ4v) is 12.6. The smallest absolute Gasteiger partial charge is 0.462 e. The van der Waals surface area contributed by atoms with Crippen LogP contribution < -0.4 is 0 Å². The number of esters is 4. The minimum Gasteiger partial charge on any atom is -0.462 e. The minimum absolute atomic E-state index is 0.104. The number of carbonyl (C=O) groups is 4. The predicted octanol–water partition coefficient (Wildman–Crippen LogP) is 21.0. The fourth-order valence-electron chi connectivity index (χ4n) is 11.0. The predicted molar refractivity (Wildman–Crippen MR) is 372 cm³/mol. The van der Waals surface area contributed by atoms with Gasteiger partial charge in [0.2, 0.25) is 0 Å². The molecule has 0 aromatic rings. The lowest BCUT2D eigenvalue weighted by atomic mass is 9.99. The first-order valence-corrected chi connectivity index (χ1v) is 40.9. The van der Waals surface area contributed by atoms with Gasteiger partial charge in [0.1, 0.15) is 19.3 Å². The highest BCUT2D eigenvalue weighted by Crippen LogP contribution is 2.45. The van der Waals surface area contributed by atoms with Gasteiger partial charge in [-0.2, -0.15) is 0 Å². The van der Waals surface area contributed by atoms with Gasteiger partial charge in [-0.3, -0.25) is 37.3 Å². The van der Waals surface area contributed by atoms with Crippen LogP contribution in [0.2, 0.25) is 0 Å². The van der Waals surface area contributed by atoms with E-state index in [-0.39, 0.29) is 25.7 Å². The number of ether oxygens (including phenoxy) is 4. The summed E-state index contributed by atoms with van der Waals surface area (Å²) in [4.78, 5) is 72.5. The molecule has 3 unspecified atom stereocenters. The van der Waals surface area contributed by atoms with Gasteiger partial charge in [-0.15, -0.1) is 0 Å². The van der Waals surface area contributed by atoms with Crippen LogP contribution in [0.3, 0.4) is 0 Å². The number of aliphatic hydroxyl groups is 1. The fraction of sp³-hybridized carbons (Fsp3) is 0.945. The number of phosphoric acid groups is 2. The molecule has 17 nitrogen and oxygen atoms in total. The molecule has 0 saturated carbocycles. The SMILES string of the molecule is CCCCCCCCCC(=O)OC[C@H](COP(=O)(O)OC[C@H](O)COP(=O)(O)OC[C@@H](COC(=O)CCCCCCCCCCCCCCC(C)C)OC(=O)CCCCCCCCCCCCCCCCCC(C)C)OC(=O)CCCCCCCCCCC(C)CC. The van der Waals surface area contributed by atoms with Crippen LogP contribution in [0.4, 0.5) is 0 Å². The Morgan fingerprint density at radius 1 is 0.315 bits per heavy atom. The molecule has 0 amide bonds. The number of rotatable bonds is 71. The highest BCUT2D eigenvalue weighted by Gasteiger charge is 2.30.